The molecule has 4 aliphatic rings. The second kappa shape index (κ2) is 7.77. The minimum atomic E-state index is -0.819. The fraction of sp³-hybridized carbons (Fsp3) is 0.857. The SMILES string of the molecule is CC(C)[C@@H](C)/C=C/[C@@H](C)[C@H]1CC[C@H]2C3C=C[C@@]4(O)C[C@@H](O)CC[C@]4(C)[C@H]3CC[C@]12C. The molecule has 0 aliphatic heterocycles. The van der Waals surface area contributed by atoms with Crippen LogP contribution >= 0.6 is 0 Å². The summed E-state index contributed by atoms with van der Waals surface area (Å²) in [5, 5.41) is 21.7. The molecule has 0 aromatic rings. The van der Waals surface area contributed by atoms with Gasteiger partial charge in [-0.05, 0) is 85.4 Å². The molecule has 3 saturated carbocycles. The molecule has 170 valence electrons. The molecule has 0 radical (unpaired) electrons. The Kier molecular flexibility index (Phi) is 5.85. The molecule has 0 aromatic heterocycles. The molecule has 2 nitrogen and oxygen atoms in total. The highest BCUT2D eigenvalue weighted by molar-refractivity contribution is 5.25. The van der Waals surface area contributed by atoms with E-state index in [1.165, 1.54) is 25.7 Å². The summed E-state index contributed by atoms with van der Waals surface area (Å²) in [6.45, 7) is 14.3. The maximum atomic E-state index is 11.5. The summed E-state index contributed by atoms with van der Waals surface area (Å²) in [6, 6.07) is 0. The minimum absolute atomic E-state index is 0.0801. The Morgan fingerprint density at radius 2 is 1.67 bits per heavy atom. The van der Waals surface area contributed by atoms with Crippen molar-refractivity contribution in [1.82, 2.24) is 0 Å². The van der Waals surface area contributed by atoms with Crippen molar-refractivity contribution in [3.05, 3.63) is 24.3 Å². The monoisotopic (exact) mass is 414 g/mol. The van der Waals surface area contributed by atoms with Crippen LogP contribution in [0.2, 0.25) is 0 Å². The highest BCUT2D eigenvalue weighted by atomic mass is 16.3. The van der Waals surface area contributed by atoms with Crippen molar-refractivity contribution in [3.63, 3.8) is 0 Å². The summed E-state index contributed by atoms with van der Waals surface area (Å²) in [5.74, 6) is 4.66. The lowest BCUT2D eigenvalue weighted by Crippen LogP contribution is -2.60. The van der Waals surface area contributed by atoms with Gasteiger partial charge in [0, 0.05) is 11.8 Å². The molecule has 1 unspecified atom stereocenters. The number of aliphatic hydroxyl groups is 2. The number of hydrogen-bond donors (Lipinski definition) is 2. The first-order valence-corrected chi connectivity index (χ1v) is 12.8. The molecule has 4 aliphatic carbocycles. The van der Waals surface area contributed by atoms with Gasteiger partial charge in [-0.15, -0.1) is 0 Å². The van der Waals surface area contributed by atoms with E-state index in [1.54, 1.807) is 0 Å². The van der Waals surface area contributed by atoms with Crippen molar-refractivity contribution < 1.29 is 10.2 Å². The molecule has 0 spiro atoms. The van der Waals surface area contributed by atoms with Gasteiger partial charge >= 0.3 is 0 Å². The van der Waals surface area contributed by atoms with Gasteiger partial charge in [0.05, 0.1) is 11.7 Å². The van der Waals surface area contributed by atoms with E-state index in [0.29, 0.717) is 41.4 Å². The van der Waals surface area contributed by atoms with Crippen LogP contribution in [0.5, 0.6) is 0 Å². The number of hydrogen-bond acceptors (Lipinski definition) is 2. The molecule has 2 N–H and O–H groups in total. The van der Waals surface area contributed by atoms with E-state index in [2.05, 4.69) is 65.8 Å². The second-order valence-corrected chi connectivity index (χ2v) is 12.5. The van der Waals surface area contributed by atoms with Crippen molar-refractivity contribution >= 4 is 0 Å². The van der Waals surface area contributed by atoms with E-state index in [9.17, 15) is 10.2 Å². The first kappa shape index (κ1) is 22.6. The van der Waals surface area contributed by atoms with Crippen LogP contribution in [0.4, 0.5) is 0 Å². The van der Waals surface area contributed by atoms with Gasteiger partial charge in [-0.25, -0.2) is 0 Å². The Labute approximate surface area is 185 Å². The molecule has 3 fully saturated rings. The van der Waals surface area contributed by atoms with E-state index >= 15 is 0 Å². The van der Waals surface area contributed by atoms with Crippen LogP contribution in [0, 0.1) is 52.3 Å². The van der Waals surface area contributed by atoms with Gasteiger partial charge in [-0.3, -0.25) is 0 Å². The Morgan fingerprint density at radius 1 is 0.933 bits per heavy atom. The average Bonchev–Trinajstić information content (AvgIpc) is 3.04. The van der Waals surface area contributed by atoms with Crippen molar-refractivity contribution in [1.29, 1.82) is 0 Å². The summed E-state index contributed by atoms with van der Waals surface area (Å²) < 4.78 is 0. The Hall–Kier alpha value is -0.600. The predicted octanol–water partition coefficient (Wildman–Crippen LogP) is 6.38. The lowest BCUT2D eigenvalue weighted by atomic mass is 9.45. The molecule has 0 saturated heterocycles. The Bertz CT molecular complexity index is 695. The topological polar surface area (TPSA) is 40.5 Å². The van der Waals surface area contributed by atoms with Gasteiger partial charge in [-0.2, -0.15) is 0 Å². The smallest absolute Gasteiger partial charge is 0.0908 e. The zero-order valence-corrected chi connectivity index (χ0v) is 20.3. The molecular weight excluding hydrogens is 368 g/mol. The third-order valence-electron chi connectivity index (χ3n) is 10.8. The third-order valence-corrected chi connectivity index (χ3v) is 10.8. The summed E-state index contributed by atoms with van der Waals surface area (Å²) in [5.41, 5.74) is -0.486. The van der Waals surface area contributed by atoms with Gasteiger partial charge < -0.3 is 10.2 Å². The Morgan fingerprint density at radius 3 is 2.37 bits per heavy atom. The van der Waals surface area contributed by atoms with Gasteiger partial charge in [0.2, 0.25) is 0 Å². The minimum Gasteiger partial charge on any atom is -0.393 e. The number of fused-ring (bicyclic) bond motifs is 5. The fourth-order valence-electron chi connectivity index (χ4n) is 8.23. The zero-order chi connectivity index (χ0) is 21.9. The highest BCUT2D eigenvalue weighted by Gasteiger charge is 2.63. The van der Waals surface area contributed by atoms with Crippen LogP contribution in [0.15, 0.2) is 24.3 Å². The summed E-state index contributed by atoms with van der Waals surface area (Å²) in [6.07, 6.45) is 16.7. The summed E-state index contributed by atoms with van der Waals surface area (Å²) >= 11 is 0. The van der Waals surface area contributed by atoms with Gasteiger partial charge in [0.1, 0.15) is 0 Å². The molecule has 0 aromatic carbocycles. The molecule has 10 atom stereocenters. The molecule has 0 heterocycles. The first-order chi connectivity index (χ1) is 14.0. The third kappa shape index (κ3) is 3.36. The van der Waals surface area contributed by atoms with Crippen molar-refractivity contribution in [2.24, 2.45) is 52.3 Å². The van der Waals surface area contributed by atoms with Crippen LogP contribution in [0.1, 0.15) is 86.5 Å². The lowest BCUT2D eigenvalue weighted by Gasteiger charge is -2.61. The van der Waals surface area contributed by atoms with E-state index in [-0.39, 0.29) is 11.5 Å². The maximum Gasteiger partial charge on any atom is 0.0908 e. The highest BCUT2D eigenvalue weighted by Crippen LogP contribution is 2.67. The van der Waals surface area contributed by atoms with Gasteiger partial charge in [0.15, 0.2) is 0 Å². The van der Waals surface area contributed by atoms with Crippen LogP contribution in [-0.4, -0.2) is 21.9 Å². The van der Waals surface area contributed by atoms with Crippen molar-refractivity contribution in [3.8, 4) is 0 Å². The normalized spacial score (nSPS) is 50.2. The van der Waals surface area contributed by atoms with Gasteiger partial charge in [0.25, 0.3) is 0 Å². The molecule has 2 heteroatoms. The first-order valence-electron chi connectivity index (χ1n) is 12.8. The van der Waals surface area contributed by atoms with E-state index in [0.717, 1.165) is 24.7 Å². The van der Waals surface area contributed by atoms with Crippen molar-refractivity contribution in [2.75, 3.05) is 0 Å². The van der Waals surface area contributed by atoms with Crippen LogP contribution in [0.25, 0.3) is 0 Å². The maximum absolute atomic E-state index is 11.5. The van der Waals surface area contributed by atoms with Crippen LogP contribution < -0.4 is 0 Å². The van der Waals surface area contributed by atoms with Gasteiger partial charge in [-0.1, -0.05) is 65.8 Å². The number of aliphatic hydroxyl groups excluding tert-OH is 1. The zero-order valence-electron chi connectivity index (χ0n) is 20.3. The van der Waals surface area contributed by atoms with E-state index in [1.807, 2.05) is 0 Å². The molecule has 0 amide bonds. The second-order valence-electron chi connectivity index (χ2n) is 12.5. The van der Waals surface area contributed by atoms with E-state index in [4.69, 9.17) is 0 Å². The number of rotatable bonds is 4. The van der Waals surface area contributed by atoms with Crippen molar-refractivity contribution in [2.45, 2.75) is 98.2 Å². The molecule has 30 heavy (non-hydrogen) atoms. The average molecular weight is 415 g/mol. The summed E-state index contributed by atoms with van der Waals surface area (Å²) in [4.78, 5) is 0. The molecular formula is C28H46O2. The van der Waals surface area contributed by atoms with E-state index < -0.39 is 5.60 Å². The molecule has 0 bridgehead atoms. The number of allylic oxidation sites excluding steroid dienone is 3. The lowest BCUT2D eigenvalue weighted by molar-refractivity contribution is -0.167. The standard InChI is InChI=1S/C28H46O2/c1-18(2)19(3)7-8-20(4)23-9-10-24-22-12-16-28(30)17-21(29)11-15-27(28,6)25(22)13-14-26(23,24)5/h7-8,12,16,18-25,29-30H,9-11,13-15,17H2,1-6H3/b8-7+/t19-,20+,21-,22?,23+,24-,25-,26+,27+,28+/m0/s1. The predicted molar refractivity (Wildman–Crippen MR) is 125 cm³/mol. The van der Waals surface area contributed by atoms with Crippen LogP contribution in [-0.2, 0) is 0 Å². The van der Waals surface area contributed by atoms with Crippen LogP contribution in [0.3, 0.4) is 0 Å². The summed E-state index contributed by atoms with van der Waals surface area (Å²) in [7, 11) is 0. The Balaban J connectivity index is 1.57. The largest absolute Gasteiger partial charge is 0.393 e. The quantitative estimate of drug-likeness (QED) is 0.524. The molecule has 4 rings (SSSR count). The fourth-order valence-corrected chi connectivity index (χ4v) is 8.23.